The molecule has 0 radical (unpaired) electrons. The standard InChI is InChI=1S/C12H28N2O2/c1-5-13(6-2)9-11(15)12(16)10-14(7-3)8-4/h11-12,15-16H,5-10H2,1-4H3/t11-,12-/m0/s1. The summed E-state index contributed by atoms with van der Waals surface area (Å²) in [5.41, 5.74) is 0. The monoisotopic (exact) mass is 232 g/mol. The molecule has 4 nitrogen and oxygen atoms in total. The molecule has 0 aliphatic carbocycles. The molecule has 0 aromatic rings. The third kappa shape index (κ3) is 5.80. The second-order valence-electron chi connectivity index (χ2n) is 4.11. The lowest BCUT2D eigenvalue weighted by Gasteiger charge is -2.28. The van der Waals surface area contributed by atoms with E-state index in [0.717, 1.165) is 26.2 Å². The van der Waals surface area contributed by atoms with Crippen molar-refractivity contribution in [1.82, 2.24) is 9.80 Å². The van der Waals surface area contributed by atoms with Gasteiger partial charge in [-0.1, -0.05) is 27.7 Å². The second kappa shape index (κ2) is 8.93. The highest BCUT2D eigenvalue weighted by atomic mass is 16.3. The molecule has 98 valence electrons. The summed E-state index contributed by atoms with van der Waals surface area (Å²) in [6.07, 6.45) is -1.30. The van der Waals surface area contributed by atoms with Gasteiger partial charge in [0.25, 0.3) is 0 Å². The fraction of sp³-hybridized carbons (Fsp3) is 1.00. The number of hydrogen-bond donors (Lipinski definition) is 2. The smallest absolute Gasteiger partial charge is 0.0938 e. The van der Waals surface area contributed by atoms with Crippen LogP contribution in [0.25, 0.3) is 0 Å². The van der Waals surface area contributed by atoms with Crippen molar-refractivity contribution in [3.63, 3.8) is 0 Å². The van der Waals surface area contributed by atoms with Gasteiger partial charge >= 0.3 is 0 Å². The van der Waals surface area contributed by atoms with E-state index in [0.29, 0.717) is 13.1 Å². The maximum Gasteiger partial charge on any atom is 0.0938 e. The van der Waals surface area contributed by atoms with Crippen molar-refractivity contribution < 1.29 is 10.2 Å². The Morgan fingerprint density at radius 1 is 0.688 bits per heavy atom. The van der Waals surface area contributed by atoms with Crippen LogP contribution >= 0.6 is 0 Å². The van der Waals surface area contributed by atoms with E-state index in [2.05, 4.69) is 37.5 Å². The molecule has 0 aromatic carbocycles. The Balaban J connectivity index is 4.01. The Kier molecular flexibility index (Phi) is 8.84. The average Bonchev–Trinajstić information content (AvgIpc) is 2.32. The largest absolute Gasteiger partial charge is 0.389 e. The number of nitrogens with zero attached hydrogens (tertiary/aromatic N) is 2. The van der Waals surface area contributed by atoms with Gasteiger partial charge in [-0.25, -0.2) is 0 Å². The van der Waals surface area contributed by atoms with Gasteiger partial charge in [-0.15, -0.1) is 0 Å². The fourth-order valence-electron chi connectivity index (χ4n) is 1.74. The Morgan fingerprint density at radius 2 is 0.938 bits per heavy atom. The molecule has 0 amide bonds. The molecule has 16 heavy (non-hydrogen) atoms. The van der Waals surface area contributed by atoms with Crippen LogP contribution in [0.3, 0.4) is 0 Å². The molecule has 0 unspecified atom stereocenters. The van der Waals surface area contributed by atoms with Crippen molar-refractivity contribution in [3.8, 4) is 0 Å². The van der Waals surface area contributed by atoms with Crippen molar-refractivity contribution in [2.24, 2.45) is 0 Å². The quantitative estimate of drug-likeness (QED) is 0.604. The highest BCUT2D eigenvalue weighted by Gasteiger charge is 2.20. The van der Waals surface area contributed by atoms with Crippen molar-refractivity contribution in [1.29, 1.82) is 0 Å². The zero-order valence-corrected chi connectivity index (χ0v) is 11.2. The predicted molar refractivity (Wildman–Crippen MR) is 67.6 cm³/mol. The third-order valence-electron chi connectivity index (χ3n) is 3.12. The van der Waals surface area contributed by atoms with Crippen LogP contribution in [-0.2, 0) is 0 Å². The molecule has 0 spiro atoms. The van der Waals surface area contributed by atoms with E-state index in [1.54, 1.807) is 0 Å². The lowest BCUT2D eigenvalue weighted by molar-refractivity contribution is -0.0169. The van der Waals surface area contributed by atoms with E-state index in [4.69, 9.17) is 0 Å². The van der Waals surface area contributed by atoms with Gasteiger partial charge in [0.1, 0.15) is 0 Å². The lowest BCUT2D eigenvalue weighted by atomic mass is 10.1. The number of hydrogen-bond acceptors (Lipinski definition) is 4. The molecule has 2 atom stereocenters. The zero-order chi connectivity index (χ0) is 12.6. The van der Waals surface area contributed by atoms with E-state index in [9.17, 15) is 10.2 Å². The van der Waals surface area contributed by atoms with E-state index in [-0.39, 0.29) is 0 Å². The van der Waals surface area contributed by atoms with Gasteiger partial charge in [0.2, 0.25) is 0 Å². The van der Waals surface area contributed by atoms with Crippen molar-refractivity contribution in [2.75, 3.05) is 39.3 Å². The molecule has 2 N–H and O–H groups in total. The van der Waals surface area contributed by atoms with Gasteiger partial charge < -0.3 is 20.0 Å². The van der Waals surface area contributed by atoms with Crippen LogP contribution in [0.5, 0.6) is 0 Å². The molecular weight excluding hydrogens is 204 g/mol. The summed E-state index contributed by atoms with van der Waals surface area (Å²) >= 11 is 0. The van der Waals surface area contributed by atoms with Crippen molar-refractivity contribution in [2.45, 2.75) is 39.9 Å². The van der Waals surface area contributed by atoms with E-state index in [1.807, 2.05) is 0 Å². The van der Waals surface area contributed by atoms with Crippen LogP contribution in [0.4, 0.5) is 0 Å². The van der Waals surface area contributed by atoms with Gasteiger partial charge in [0.15, 0.2) is 0 Å². The number of aliphatic hydroxyl groups excluding tert-OH is 2. The molecule has 0 saturated carbocycles. The summed E-state index contributed by atoms with van der Waals surface area (Å²) in [7, 11) is 0. The SMILES string of the molecule is CCN(CC)C[C@H](O)[C@@H](O)CN(CC)CC. The Morgan fingerprint density at radius 3 is 1.12 bits per heavy atom. The molecule has 0 rings (SSSR count). The molecule has 0 heterocycles. The molecular formula is C12H28N2O2. The Labute approximate surface area is 99.9 Å². The van der Waals surface area contributed by atoms with Crippen LogP contribution in [-0.4, -0.2) is 71.5 Å². The molecule has 0 aliphatic rings. The minimum absolute atomic E-state index is 0.551. The Bertz CT molecular complexity index is 141. The van der Waals surface area contributed by atoms with Gasteiger partial charge in [-0.05, 0) is 26.2 Å². The fourth-order valence-corrected chi connectivity index (χ4v) is 1.74. The Hall–Kier alpha value is -0.160. The van der Waals surface area contributed by atoms with Crippen LogP contribution in [0, 0.1) is 0 Å². The summed E-state index contributed by atoms with van der Waals surface area (Å²) in [5, 5.41) is 19.7. The third-order valence-corrected chi connectivity index (χ3v) is 3.12. The summed E-state index contributed by atoms with van der Waals surface area (Å²) < 4.78 is 0. The maximum absolute atomic E-state index is 9.87. The minimum Gasteiger partial charge on any atom is -0.389 e. The van der Waals surface area contributed by atoms with E-state index in [1.165, 1.54) is 0 Å². The molecule has 0 fully saturated rings. The topological polar surface area (TPSA) is 46.9 Å². The van der Waals surface area contributed by atoms with Gasteiger partial charge in [0, 0.05) is 13.1 Å². The van der Waals surface area contributed by atoms with E-state index < -0.39 is 12.2 Å². The van der Waals surface area contributed by atoms with Gasteiger partial charge in [-0.3, -0.25) is 0 Å². The summed E-state index contributed by atoms with van der Waals surface area (Å²) in [6, 6.07) is 0. The van der Waals surface area contributed by atoms with Crippen LogP contribution in [0.1, 0.15) is 27.7 Å². The molecule has 0 bridgehead atoms. The van der Waals surface area contributed by atoms with Crippen LogP contribution < -0.4 is 0 Å². The minimum atomic E-state index is -0.652. The highest BCUT2D eigenvalue weighted by Crippen LogP contribution is 2.01. The molecule has 0 saturated heterocycles. The first kappa shape index (κ1) is 15.8. The predicted octanol–water partition coefficient (Wildman–Crippen LogP) is 0.392. The first-order valence-electron chi connectivity index (χ1n) is 6.39. The summed E-state index contributed by atoms with van der Waals surface area (Å²) in [6.45, 7) is 13.0. The second-order valence-corrected chi connectivity index (χ2v) is 4.11. The molecule has 0 aromatic heterocycles. The van der Waals surface area contributed by atoms with E-state index >= 15 is 0 Å². The first-order chi connectivity index (χ1) is 7.58. The lowest BCUT2D eigenvalue weighted by Crippen LogP contribution is -2.44. The highest BCUT2D eigenvalue weighted by molar-refractivity contribution is 4.74. The number of rotatable bonds is 9. The number of likely N-dealkylation sites (N-methyl/N-ethyl adjacent to an activating group) is 2. The first-order valence-corrected chi connectivity index (χ1v) is 6.39. The van der Waals surface area contributed by atoms with Crippen LogP contribution in [0.15, 0.2) is 0 Å². The number of aliphatic hydroxyl groups is 2. The molecule has 0 aliphatic heterocycles. The van der Waals surface area contributed by atoms with Crippen molar-refractivity contribution >= 4 is 0 Å². The average molecular weight is 232 g/mol. The summed E-state index contributed by atoms with van der Waals surface area (Å²) in [4.78, 5) is 4.24. The van der Waals surface area contributed by atoms with Crippen LogP contribution in [0.2, 0.25) is 0 Å². The normalized spacial score (nSPS) is 15.8. The maximum atomic E-state index is 9.87. The molecule has 4 heteroatoms. The van der Waals surface area contributed by atoms with Crippen molar-refractivity contribution in [3.05, 3.63) is 0 Å². The van der Waals surface area contributed by atoms with Gasteiger partial charge in [0.05, 0.1) is 12.2 Å². The zero-order valence-electron chi connectivity index (χ0n) is 11.2. The summed E-state index contributed by atoms with van der Waals surface area (Å²) in [5.74, 6) is 0. The van der Waals surface area contributed by atoms with Gasteiger partial charge in [-0.2, -0.15) is 0 Å².